The number of nitrogens with zero attached hydrogens (tertiary/aromatic N) is 2. The lowest BCUT2D eigenvalue weighted by Crippen LogP contribution is -2.63. The summed E-state index contributed by atoms with van der Waals surface area (Å²) in [5.41, 5.74) is 2.36. The molecule has 2 heterocycles. The van der Waals surface area contributed by atoms with Crippen LogP contribution in [0.15, 0.2) is 42.7 Å². The number of aliphatic hydroxyl groups is 2. The monoisotopic (exact) mass is 422 g/mol. The van der Waals surface area contributed by atoms with E-state index in [9.17, 15) is 10.2 Å². The zero-order chi connectivity index (χ0) is 22.4. The minimum absolute atomic E-state index is 0.280. The minimum Gasteiger partial charge on any atom is -0.390 e. The molecule has 4 rings (SSSR count). The second-order valence-corrected chi connectivity index (χ2v) is 11.0. The van der Waals surface area contributed by atoms with Crippen molar-refractivity contribution >= 4 is 0 Å². The first kappa shape index (κ1) is 22.4. The molecule has 0 amide bonds. The van der Waals surface area contributed by atoms with Crippen LogP contribution in [0.25, 0.3) is 0 Å². The van der Waals surface area contributed by atoms with E-state index in [2.05, 4.69) is 68.0 Å². The summed E-state index contributed by atoms with van der Waals surface area (Å²) in [4.78, 5) is 6.85. The summed E-state index contributed by atoms with van der Waals surface area (Å²) >= 11 is 0. The Kier molecular flexibility index (Phi) is 5.78. The van der Waals surface area contributed by atoms with Gasteiger partial charge in [0.05, 0.1) is 5.60 Å². The van der Waals surface area contributed by atoms with Crippen LogP contribution in [-0.2, 0) is 5.60 Å². The molecule has 0 radical (unpaired) electrons. The molecule has 0 bridgehead atoms. The molecular formula is C27H38N2O2. The Hall–Kier alpha value is -1.75. The lowest BCUT2D eigenvalue weighted by Gasteiger charge is -2.56. The summed E-state index contributed by atoms with van der Waals surface area (Å²) < 4.78 is 0. The molecule has 1 aromatic carbocycles. The maximum Gasteiger partial charge on any atom is 0.124 e. The van der Waals surface area contributed by atoms with E-state index in [0.717, 1.165) is 49.9 Å². The molecule has 2 aromatic rings. The molecule has 0 unspecified atom stereocenters. The number of aromatic nitrogens is 1. The smallest absolute Gasteiger partial charge is 0.124 e. The first-order chi connectivity index (χ1) is 14.5. The van der Waals surface area contributed by atoms with Crippen LogP contribution in [0.3, 0.4) is 0 Å². The lowest BCUT2D eigenvalue weighted by molar-refractivity contribution is -0.127. The molecule has 1 aliphatic carbocycles. The lowest BCUT2D eigenvalue weighted by atomic mass is 9.62. The van der Waals surface area contributed by atoms with Crippen molar-refractivity contribution in [3.8, 4) is 0 Å². The molecule has 2 aliphatic rings. The van der Waals surface area contributed by atoms with Gasteiger partial charge in [0.1, 0.15) is 5.60 Å². The van der Waals surface area contributed by atoms with Gasteiger partial charge in [0, 0.05) is 36.5 Å². The zero-order valence-corrected chi connectivity index (χ0v) is 19.7. The van der Waals surface area contributed by atoms with Gasteiger partial charge >= 0.3 is 0 Å². The van der Waals surface area contributed by atoms with Crippen molar-refractivity contribution in [2.45, 2.75) is 76.4 Å². The average Bonchev–Trinajstić information content (AvgIpc) is 2.72. The molecule has 4 nitrogen and oxygen atoms in total. The van der Waals surface area contributed by atoms with E-state index >= 15 is 0 Å². The van der Waals surface area contributed by atoms with Gasteiger partial charge in [-0.15, -0.1) is 0 Å². The highest BCUT2D eigenvalue weighted by Gasteiger charge is 2.55. The van der Waals surface area contributed by atoms with Gasteiger partial charge in [-0.25, -0.2) is 0 Å². The van der Waals surface area contributed by atoms with Crippen molar-refractivity contribution in [2.24, 2.45) is 5.41 Å². The third kappa shape index (κ3) is 4.06. The second kappa shape index (κ2) is 7.99. The summed E-state index contributed by atoms with van der Waals surface area (Å²) in [5, 5.41) is 22.7. The minimum atomic E-state index is -1.10. The highest BCUT2D eigenvalue weighted by atomic mass is 16.3. The molecule has 1 aliphatic heterocycles. The van der Waals surface area contributed by atoms with Crippen LogP contribution in [0.4, 0.5) is 0 Å². The van der Waals surface area contributed by atoms with Crippen LogP contribution in [-0.4, -0.2) is 45.8 Å². The molecule has 1 aromatic heterocycles. The molecule has 1 saturated heterocycles. The molecule has 31 heavy (non-hydrogen) atoms. The van der Waals surface area contributed by atoms with Crippen molar-refractivity contribution < 1.29 is 10.2 Å². The quantitative estimate of drug-likeness (QED) is 0.727. The molecule has 2 fully saturated rings. The topological polar surface area (TPSA) is 56.6 Å². The van der Waals surface area contributed by atoms with Gasteiger partial charge in [0.15, 0.2) is 0 Å². The van der Waals surface area contributed by atoms with Crippen LogP contribution in [0.1, 0.15) is 87.5 Å². The van der Waals surface area contributed by atoms with Crippen LogP contribution in [0.2, 0.25) is 0 Å². The molecule has 0 spiro atoms. The highest BCUT2D eigenvalue weighted by Crippen LogP contribution is 2.50. The van der Waals surface area contributed by atoms with E-state index in [0.29, 0.717) is 11.8 Å². The van der Waals surface area contributed by atoms with E-state index < -0.39 is 11.2 Å². The van der Waals surface area contributed by atoms with Crippen molar-refractivity contribution in [1.29, 1.82) is 0 Å². The number of rotatable bonds is 5. The van der Waals surface area contributed by atoms with Gasteiger partial charge in [0.25, 0.3) is 0 Å². The maximum atomic E-state index is 12.4. The standard InChI is InChI=1S/C27H38N2O2/c1-19(2)20-6-8-23(9-7-20)27(31,25(3)17-29(5)18-25)24-14-22(15-28-16-24)21-10-12-26(4,30)13-11-21/h6-9,14-16,19,21,30-31H,10-13,17-18H2,1-5H3/t21?,26?,27-/m0/s1. The fraction of sp³-hybridized carbons (Fsp3) is 0.593. The molecule has 1 saturated carbocycles. The number of hydrogen-bond donors (Lipinski definition) is 2. The van der Waals surface area contributed by atoms with Gasteiger partial charge in [-0.3, -0.25) is 4.98 Å². The van der Waals surface area contributed by atoms with Gasteiger partial charge in [-0.05, 0) is 74.2 Å². The van der Waals surface area contributed by atoms with Gasteiger partial charge in [-0.1, -0.05) is 45.0 Å². The normalized spacial score (nSPS) is 28.2. The average molecular weight is 423 g/mol. The SMILES string of the molecule is CC(C)c1ccc([C@](O)(c2cncc(C3CCC(C)(O)CC3)c2)C2(C)CN(C)C2)cc1. The summed E-state index contributed by atoms with van der Waals surface area (Å²) in [6.07, 6.45) is 7.34. The molecule has 168 valence electrons. The van der Waals surface area contributed by atoms with E-state index in [4.69, 9.17) is 0 Å². The molecular weight excluding hydrogens is 384 g/mol. The Morgan fingerprint density at radius 2 is 1.65 bits per heavy atom. The second-order valence-electron chi connectivity index (χ2n) is 11.0. The van der Waals surface area contributed by atoms with E-state index in [-0.39, 0.29) is 5.41 Å². The summed E-state index contributed by atoms with van der Waals surface area (Å²) in [6, 6.07) is 10.7. The predicted molar refractivity (Wildman–Crippen MR) is 125 cm³/mol. The fourth-order valence-electron chi connectivity index (χ4n) is 5.80. The summed E-state index contributed by atoms with van der Waals surface area (Å²) in [5.74, 6) is 0.846. The third-order valence-corrected chi connectivity index (χ3v) is 7.82. The fourth-order valence-corrected chi connectivity index (χ4v) is 5.80. The Morgan fingerprint density at radius 1 is 1.03 bits per heavy atom. The summed E-state index contributed by atoms with van der Waals surface area (Å²) in [6.45, 7) is 10.2. The van der Waals surface area contributed by atoms with Crippen molar-refractivity contribution in [3.63, 3.8) is 0 Å². The van der Waals surface area contributed by atoms with Crippen molar-refractivity contribution in [2.75, 3.05) is 20.1 Å². The van der Waals surface area contributed by atoms with Gasteiger partial charge in [0.2, 0.25) is 0 Å². The molecule has 1 atom stereocenters. The third-order valence-electron chi connectivity index (χ3n) is 7.82. The Balaban J connectivity index is 1.73. The number of likely N-dealkylation sites (tertiary alicyclic amines) is 1. The Bertz CT molecular complexity index is 905. The van der Waals surface area contributed by atoms with E-state index in [1.165, 1.54) is 11.1 Å². The Labute approximate surface area is 187 Å². The predicted octanol–water partition coefficient (Wildman–Crippen LogP) is 4.80. The Morgan fingerprint density at radius 3 is 2.19 bits per heavy atom. The van der Waals surface area contributed by atoms with Crippen LogP contribution in [0, 0.1) is 5.41 Å². The summed E-state index contributed by atoms with van der Waals surface area (Å²) in [7, 11) is 2.10. The first-order valence-corrected chi connectivity index (χ1v) is 11.7. The maximum absolute atomic E-state index is 12.4. The van der Waals surface area contributed by atoms with Crippen LogP contribution in [0.5, 0.6) is 0 Å². The highest BCUT2D eigenvalue weighted by molar-refractivity contribution is 5.42. The van der Waals surface area contributed by atoms with Crippen molar-refractivity contribution in [3.05, 3.63) is 65.0 Å². The van der Waals surface area contributed by atoms with Crippen molar-refractivity contribution in [1.82, 2.24) is 9.88 Å². The van der Waals surface area contributed by atoms with E-state index in [1.807, 2.05) is 19.3 Å². The van der Waals surface area contributed by atoms with Gasteiger partial charge < -0.3 is 15.1 Å². The van der Waals surface area contributed by atoms with Crippen LogP contribution >= 0.6 is 0 Å². The number of hydrogen-bond acceptors (Lipinski definition) is 4. The van der Waals surface area contributed by atoms with E-state index in [1.54, 1.807) is 0 Å². The molecule has 2 N–H and O–H groups in total. The molecule has 4 heteroatoms. The van der Waals surface area contributed by atoms with Gasteiger partial charge in [-0.2, -0.15) is 0 Å². The first-order valence-electron chi connectivity index (χ1n) is 11.7. The largest absolute Gasteiger partial charge is 0.390 e. The van der Waals surface area contributed by atoms with Crippen LogP contribution < -0.4 is 0 Å². The zero-order valence-electron chi connectivity index (χ0n) is 19.7. The number of pyridine rings is 1. The number of benzene rings is 1.